The van der Waals surface area contributed by atoms with Crippen LogP contribution < -0.4 is 4.74 Å². The van der Waals surface area contributed by atoms with Gasteiger partial charge in [0, 0.05) is 0 Å². The van der Waals surface area contributed by atoms with Crippen molar-refractivity contribution in [1.29, 1.82) is 0 Å². The maximum atomic E-state index is 13.1. The summed E-state index contributed by atoms with van der Waals surface area (Å²) >= 11 is 6.10. The Bertz CT molecular complexity index is 401. The average Bonchev–Trinajstić information content (AvgIpc) is 2.22. The van der Waals surface area contributed by atoms with Crippen LogP contribution in [0.2, 0.25) is 0 Å². The molecule has 0 saturated heterocycles. The maximum Gasteiger partial charge on any atom is 0.344 e. The fraction of sp³-hybridized carbons (Fsp3) is 0.333. The van der Waals surface area contributed by atoms with Gasteiger partial charge in [-0.25, -0.2) is 4.79 Å². The SMILES string of the molecule is CCOC(=O)COc1nc(F)c(Br)cc1Br. The fourth-order valence-electron chi connectivity index (χ4n) is 0.860. The van der Waals surface area contributed by atoms with Gasteiger partial charge in [0.1, 0.15) is 0 Å². The van der Waals surface area contributed by atoms with Crippen LogP contribution >= 0.6 is 31.9 Å². The van der Waals surface area contributed by atoms with E-state index in [1.54, 1.807) is 6.92 Å². The Labute approximate surface area is 108 Å². The summed E-state index contributed by atoms with van der Waals surface area (Å²) < 4.78 is 23.4. The van der Waals surface area contributed by atoms with Crippen LogP contribution in [0.3, 0.4) is 0 Å². The Morgan fingerprint density at radius 3 is 2.81 bits per heavy atom. The van der Waals surface area contributed by atoms with E-state index in [0.717, 1.165) is 0 Å². The van der Waals surface area contributed by atoms with Gasteiger partial charge in [0.05, 0.1) is 15.6 Å². The molecule has 0 spiro atoms. The van der Waals surface area contributed by atoms with E-state index in [1.807, 2.05) is 0 Å². The molecule has 0 atom stereocenters. The second-order valence-corrected chi connectivity index (χ2v) is 4.35. The van der Waals surface area contributed by atoms with Gasteiger partial charge < -0.3 is 9.47 Å². The van der Waals surface area contributed by atoms with Gasteiger partial charge in [-0.3, -0.25) is 0 Å². The van der Waals surface area contributed by atoms with Crippen molar-refractivity contribution in [2.75, 3.05) is 13.2 Å². The van der Waals surface area contributed by atoms with Crippen molar-refractivity contribution in [1.82, 2.24) is 4.98 Å². The number of hydrogen-bond donors (Lipinski definition) is 0. The van der Waals surface area contributed by atoms with Crippen molar-refractivity contribution in [2.45, 2.75) is 6.92 Å². The molecule has 0 aliphatic heterocycles. The maximum absolute atomic E-state index is 13.1. The molecule has 0 fully saturated rings. The highest BCUT2D eigenvalue weighted by Gasteiger charge is 2.11. The van der Waals surface area contributed by atoms with Gasteiger partial charge in [0.25, 0.3) is 0 Å². The molecule has 0 N–H and O–H groups in total. The van der Waals surface area contributed by atoms with Crippen molar-refractivity contribution >= 4 is 37.8 Å². The summed E-state index contributed by atoms with van der Waals surface area (Å²) in [6.07, 6.45) is 0. The zero-order valence-electron chi connectivity index (χ0n) is 8.30. The second-order valence-electron chi connectivity index (χ2n) is 2.64. The van der Waals surface area contributed by atoms with Gasteiger partial charge in [-0.2, -0.15) is 9.37 Å². The molecule has 16 heavy (non-hydrogen) atoms. The van der Waals surface area contributed by atoms with Crippen LogP contribution in [0, 0.1) is 5.95 Å². The average molecular weight is 357 g/mol. The molecule has 0 amide bonds. The Balaban J connectivity index is 2.67. The smallest absolute Gasteiger partial charge is 0.344 e. The van der Waals surface area contributed by atoms with E-state index in [1.165, 1.54) is 6.07 Å². The summed E-state index contributed by atoms with van der Waals surface area (Å²) in [6.45, 7) is 1.65. The normalized spacial score (nSPS) is 10.0. The molecule has 0 saturated carbocycles. The molecule has 0 aliphatic rings. The molecule has 0 aromatic carbocycles. The third-order valence-corrected chi connectivity index (χ3v) is 2.61. The minimum Gasteiger partial charge on any atom is -0.465 e. The van der Waals surface area contributed by atoms with E-state index in [-0.39, 0.29) is 23.6 Å². The van der Waals surface area contributed by atoms with Crippen LogP contribution in [0.1, 0.15) is 6.92 Å². The van der Waals surface area contributed by atoms with Crippen LogP contribution in [-0.2, 0) is 9.53 Å². The summed E-state index contributed by atoms with van der Waals surface area (Å²) in [5.74, 6) is -1.23. The Morgan fingerprint density at radius 1 is 1.50 bits per heavy atom. The molecule has 1 heterocycles. The Morgan fingerprint density at radius 2 is 2.19 bits per heavy atom. The van der Waals surface area contributed by atoms with Gasteiger partial charge in [-0.15, -0.1) is 0 Å². The zero-order chi connectivity index (χ0) is 12.1. The first-order chi connectivity index (χ1) is 7.54. The van der Waals surface area contributed by atoms with E-state index in [2.05, 4.69) is 41.6 Å². The Kier molecular flexibility index (Phi) is 5.14. The molecule has 7 heteroatoms. The lowest BCUT2D eigenvalue weighted by Gasteiger charge is -2.07. The van der Waals surface area contributed by atoms with Crippen molar-refractivity contribution in [3.05, 3.63) is 21.0 Å². The topological polar surface area (TPSA) is 48.4 Å². The summed E-state index contributed by atoms with van der Waals surface area (Å²) in [6, 6.07) is 1.45. The number of rotatable bonds is 4. The summed E-state index contributed by atoms with van der Waals surface area (Å²) in [5.41, 5.74) is 0. The molecular weight excluding hydrogens is 349 g/mol. The monoisotopic (exact) mass is 355 g/mol. The standard InChI is InChI=1S/C9H8Br2FNO3/c1-2-15-7(14)4-16-9-6(11)3-5(10)8(12)13-9/h3H,2,4H2,1H3. The minimum absolute atomic E-state index is 0.00810. The van der Waals surface area contributed by atoms with Gasteiger partial charge in [-0.1, -0.05) is 0 Å². The first-order valence-corrected chi connectivity index (χ1v) is 5.93. The summed E-state index contributed by atoms with van der Waals surface area (Å²) in [5, 5.41) is 0. The van der Waals surface area contributed by atoms with Crippen molar-refractivity contribution in [3.63, 3.8) is 0 Å². The number of ether oxygens (including phenoxy) is 2. The number of aromatic nitrogens is 1. The largest absolute Gasteiger partial charge is 0.465 e. The zero-order valence-corrected chi connectivity index (χ0v) is 11.5. The molecule has 4 nitrogen and oxygen atoms in total. The van der Waals surface area contributed by atoms with Gasteiger partial charge in [0.2, 0.25) is 11.8 Å². The highest BCUT2D eigenvalue weighted by atomic mass is 79.9. The van der Waals surface area contributed by atoms with Crippen LogP contribution in [0.25, 0.3) is 0 Å². The number of hydrogen-bond acceptors (Lipinski definition) is 4. The summed E-state index contributed by atoms with van der Waals surface area (Å²) in [7, 11) is 0. The number of carbonyl (C=O) groups excluding carboxylic acids is 1. The van der Waals surface area contributed by atoms with Crippen molar-refractivity contribution < 1.29 is 18.7 Å². The van der Waals surface area contributed by atoms with Crippen LogP contribution in [0.15, 0.2) is 15.0 Å². The quantitative estimate of drug-likeness (QED) is 0.614. The summed E-state index contributed by atoms with van der Waals surface area (Å²) in [4.78, 5) is 14.5. The first-order valence-electron chi connectivity index (χ1n) is 4.34. The first kappa shape index (κ1) is 13.4. The second kappa shape index (κ2) is 6.15. The van der Waals surface area contributed by atoms with Crippen molar-refractivity contribution in [2.24, 2.45) is 0 Å². The minimum atomic E-state index is -0.706. The molecule has 0 unspecified atom stereocenters. The van der Waals surface area contributed by atoms with E-state index in [4.69, 9.17) is 4.74 Å². The third-order valence-electron chi connectivity index (χ3n) is 1.49. The predicted molar refractivity (Wildman–Crippen MR) is 61.7 cm³/mol. The number of pyridine rings is 1. The van der Waals surface area contributed by atoms with Crippen molar-refractivity contribution in [3.8, 4) is 5.88 Å². The van der Waals surface area contributed by atoms with E-state index in [9.17, 15) is 9.18 Å². The molecule has 0 radical (unpaired) electrons. The molecule has 88 valence electrons. The number of carbonyl (C=O) groups is 1. The lowest BCUT2D eigenvalue weighted by molar-refractivity contribution is -0.145. The highest BCUT2D eigenvalue weighted by molar-refractivity contribution is 9.11. The van der Waals surface area contributed by atoms with E-state index in [0.29, 0.717) is 4.47 Å². The third kappa shape index (κ3) is 3.71. The number of esters is 1. The van der Waals surface area contributed by atoms with Gasteiger partial charge >= 0.3 is 5.97 Å². The molecule has 1 rings (SSSR count). The van der Waals surface area contributed by atoms with Crippen LogP contribution in [0.5, 0.6) is 5.88 Å². The molecule has 0 bridgehead atoms. The highest BCUT2D eigenvalue weighted by Crippen LogP contribution is 2.27. The van der Waals surface area contributed by atoms with E-state index < -0.39 is 11.9 Å². The van der Waals surface area contributed by atoms with Crippen LogP contribution in [-0.4, -0.2) is 24.2 Å². The lowest BCUT2D eigenvalue weighted by Crippen LogP contribution is -2.15. The molecule has 0 aliphatic carbocycles. The Hall–Kier alpha value is -0.690. The molecule has 1 aromatic rings. The van der Waals surface area contributed by atoms with Gasteiger partial charge in [-0.05, 0) is 44.8 Å². The van der Waals surface area contributed by atoms with Gasteiger partial charge in [0.15, 0.2) is 6.61 Å². The predicted octanol–water partition coefficient (Wildman–Crippen LogP) is 2.69. The lowest BCUT2D eigenvalue weighted by atomic mass is 10.5. The van der Waals surface area contributed by atoms with E-state index >= 15 is 0 Å². The molecule has 1 aromatic heterocycles. The number of halogens is 3. The van der Waals surface area contributed by atoms with Crippen LogP contribution in [0.4, 0.5) is 4.39 Å². The number of nitrogens with zero attached hydrogens (tertiary/aromatic N) is 1. The molecular formula is C9H8Br2FNO3. The fourth-order valence-corrected chi connectivity index (χ4v) is 1.92.